The number of aromatic nitrogens is 1. The van der Waals surface area contributed by atoms with Gasteiger partial charge in [-0.3, -0.25) is 0 Å². The predicted octanol–water partition coefficient (Wildman–Crippen LogP) is 3.60. The van der Waals surface area contributed by atoms with E-state index in [0.717, 1.165) is 28.7 Å². The second-order valence-electron chi connectivity index (χ2n) is 5.86. The Morgan fingerprint density at radius 2 is 2.05 bits per heavy atom. The van der Waals surface area contributed by atoms with Crippen LogP contribution in [0.2, 0.25) is 0 Å². The summed E-state index contributed by atoms with van der Waals surface area (Å²) < 4.78 is 0. The minimum Gasteiger partial charge on any atom is -0.391 e. The van der Waals surface area contributed by atoms with Gasteiger partial charge in [0.15, 0.2) is 5.13 Å². The van der Waals surface area contributed by atoms with Crippen LogP contribution in [0.25, 0.3) is 0 Å². The molecule has 0 spiro atoms. The molecule has 0 radical (unpaired) electrons. The quantitative estimate of drug-likeness (QED) is 0.866. The lowest BCUT2D eigenvalue weighted by Gasteiger charge is -2.30. The van der Waals surface area contributed by atoms with Crippen molar-refractivity contribution in [3.05, 3.63) is 10.6 Å². The molecule has 19 heavy (non-hydrogen) atoms. The van der Waals surface area contributed by atoms with E-state index in [0.29, 0.717) is 12.0 Å². The highest BCUT2D eigenvalue weighted by molar-refractivity contribution is 7.15. The number of thiazole rings is 1. The highest BCUT2D eigenvalue weighted by Gasteiger charge is 2.26. The van der Waals surface area contributed by atoms with Crippen LogP contribution < -0.4 is 4.90 Å². The molecule has 1 saturated carbocycles. The van der Waals surface area contributed by atoms with Gasteiger partial charge in [0, 0.05) is 12.6 Å². The van der Waals surface area contributed by atoms with Crippen molar-refractivity contribution < 1.29 is 5.11 Å². The van der Waals surface area contributed by atoms with Gasteiger partial charge >= 0.3 is 0 Å². The molecule has 108 valence electrons. The molecule has 0 unspecified atom stereocenters. The van der Waals surface area contributed by atoms with Crippen LogP contribution in [0.15, 0.2) is 0 Å². The average Bonchev–Trinajstić information content (AvgIpc) is 3.04. The Hall–Kier alpha value is -0.610. The zero-order valence-corrected chi connectivity index (χ0v) is 13.2. The van der Waals surface area contributed by atoms with E-state index in [9.17, 15) is 5.11 Å². The van der Waals surface area contributed by atoms with Crippen LogP contribution in [0.3, 0.4) is 0 Å². The van der Waals surface area contributed by atoms with E-state index in [2.05, 4.69) is 25.7 Å². The van der Waals surface area contributed by atoms with Crippen molar-refractivity contribution in [2.45, 2.75) is 65.5 Å². The third kappa shape index (κ3) is 3.48. The van der Waals surface area contributed by atoms with Crippen molar-refractivity contribution in [2.75, 3.05) is 11.4 Å². The minimum atomic E-state index is 0.126. The summed E-state index contributed by atoms with van der Waals surface area (Å²) in [4.78, 5) is 8.33. The van der Waals surface area contributed by atoms with Gasteiger partial charge in [-0.05, 0) is 25.2 Å². The number of hydrogen-bond acceptors (Lipinski definition) is 4. The summed E-state index contributed by atoms with van der Waals surface area (Å²) in [6.07, 6.45) is 6.19. The third-order valence-corrected chi connectivity index (χ3v) is 4.94. The summed E-state index contributed by atoms with van der Waals surface area (Å²) >= 11 is 1.69. The Labute approximate surface area is 120 Å². The fourth-order valence-corrected chi connectivity index (χ4v) is 3.97. The number of rotatable bonds is 6. The van der Waals surface area contributed by atoms with Crippen molar-refractivity contribution >= 4 is 16.5 Å². The molecule has 1 aromatic heterocycles. The second kappa shape index (κ2) is 6.71. The van der Waals surface area contributed by atoms with Gasteiger partial charge < -0.3 is 10.0 Å². The molecule has 0 aliphatic heterocycles. The highest BCUT2D eigenvalue weighted by atomic mass is 32.1. The first-order chi connectivity index (χ1) is 9.15. The highest BCUT2D eigenvalue weighted by Crippen LogP contribution is 2.33. The first-order valence-electron chi connectivity index (χ1n) is 7.51. The molecule has 1 heterocycles. The van der Waals surface area contributed by atoms with Gasteiger partial charge in [-0.25, -0.2) is 4.98 Å². The Morgan fingerprint density at radius 1 is 1.37 bits per heavy atom. The van der Waals surface area contributed by atoms with Crippen molar-refractivity contribution in [3.8, 4) is 0 Å². The van der Waals surface area contributed by atoms with Crippen LogP contribution in [0.5, 0.6) is 0 Å². The molecule has 2 rings (SSSR count). The van der Waals surface area contributed by atoms with Crippen molar-refractivity contribution in [3.63, 3.8) is 0 Å². The molecule has 0 bridgehead atoms. The maximum atomic E-state index is 9.44. The van der Waals surface area contributed by atoms with Gasteiger partial charge in [-0.2, -0.15) is 0 Å². The van der Waals surface area contributed by atoms with Crippen LogP contribution >= 0.6 is 11.3 Å². The molecule has 4 heteroatoms. The summed E-state index contributed by atoms with van der Waals surface area (Å²) in [5.41, 5.74) is 1.08. The molecular weight excluding hydrogens is 256 g/mol. The predicted molar refractivity (Wildman–Crippen MR) is 81.9 cm³/mol. The van der Waals surface area contributed by atoms with Crippen LogP contribution in [0.1, 0.15) is 57.0 Å². The Bertz CT molecular complexity index is 375. The molecule has 1 N–H and O–H groups in total. The number of aryl methyl sites for hydroxylation is 1. The summed E-state index contributed by atoms with van der Waals surface area (Å²) in [6.45, 7) is 7.85. The SMILES string of the molecule is CCc1nc(N(CC(C)C)C2CCCC2)sc1CO. The molecule has 1 aliphatic rings. The number of nitrogens with zero attached hydrogens (tertiary/aromatic N) is 2. The largest absolute Gasteiger partial charge is 0.391 e. The molecule has 1 aromatic rings. The van der Waals surface area contributed by atoms with E-state index in [-0.39, 0.29) is 6.61 Å². The van der Waals surface area contributed by atoms with Crippen molar-refractivity contribution in [1.29, 1.82) is 0 Å². The van der Waals surface area contributed by atoms with E-state index in [4.69, 9.17) is 4.98 Å². The second-order valence-corrected chi connectivity index (χ2v) is 6.92. The van der Waals surface area contributed by atoms with Gasteiger partial charge in [-0.1, -0.05) is 44.9 Å². The lowest BCUT2D eigenvalue weighted by molar-refractivity contribution is 0.284. The van der Waals surface area contributed by atoms with Gasteiger partial charge in [0.05, 0.1) is 17.2 Å². The van der Waals surface area contributed by atoms with E-state index < -0.39 is 0 Å². The molecule has 3 nitrogen and oxygen atoms in total. The maximum Gasteiger partial charge on any atom is 0.186 e. The first kappa shape index (κ1) is 14.8. The van der Waals surface area contributed by atoms with E-state index >= 15 is 0 Å². The molecular formula is C15H26N2OS. The standard InChI is InChI=1S/C15H26N2OS/c1-4-13-14(10-18)19-15(16-13)17(9-11(2)3)12-7-5-6-8-12/h11-12,18H,4-10H2,1-3H3. The Morgan fingerprint density at radius 3 is 2.53 bits per heavy atom. The number of anilines is 1. The minimum absolute atomic E-state index is 0.126. The summed E-state index contributed by atoms with van der Waals surface area (Å²) in [5.74, 6) is 0.646. The Kier molecular flexibility index (Phi) is 5.22. The fourth-order valence-electron chi connectivity index (χ4n) is 2.89. The molecule has 0 saturated heterocycles. The van der Waals surface area contributed by atoms with Crippen LogP contribution in [-0.4, -0.2) is 22.7 Å². The maximum absolute atomic E-state index is 9.44. The lowest BCUT2D eigenvalue weighted by Crippen LogP contribution is -2.36. The van der Waals surface area contributed by atoms with Crippen molar-refractivity contribution in [2.24, 2.45) is 5.92 Å². The number of aliphatic hydroxyl groups is 1. The van der Waals surface area contributed by atoms with Crippen LogP contribution in [0, 0.1) is 5.92 Å². The number of aliphatic hydroxyl groups excluding tert-OH is 1. The molecule has 1 aliphatic carbocycles. The van der Waals surface area contributed by atoms with Crippen molar-refractivity contribution in [1.82, 2.24) is 4.98 Å². The molecule has 0 amide bonds. The molecule has 0 atom stereocenters. The monoisotopic (exact) mass is 282 g/mol. The molecule has 1 fully saturated rings. The van der Waals surface area contributed by atoms with Gasteiger partial charge in [0.25, 0.3) is 0 Å². The topological polar surface area (TPSA) is 36.4 Å². The van der Waals surface area contributed by atoms with E-state index in [1.54, 1.807) is 11.3 Å². The fraction of sp³-hybridized carbons (Fsp3) is 0.800. The average molecular weight is 282 g/mol. The number of hydrogen-bond donors (Lipinski definition) is 1. The normalized spacial score (nSPS) is 16.5. The van der Waals surface area contributed by atoms with Gasteiger partial charge in [0.1, 0.15) is 0 Å². The Balaban J connectivity index is 2.23. The van der Waals surface area contributed by atoms with E-state index in [1.165, 1.54) is 25.7 Å². The summed E-state index contributed by atoms with van der Waals surface area (Å²) in [5, 5.41) is 10.6. The smallest absolute Gasteiger partial charge is 0.186 e. The van der Waals surface area contributed by atoms with Gasteiger partial charge in [0.2, 0.25) is 0 Å². The third-order valence-electron chi connectivity index (χ3n) is 3.82. The molecule has 0 aromatic carbocycles. The zero-order valence-electron chi connectivity index (χ0n) is 12.4. The lowest BCUT2D eigenvalue weighted by atomic mass is 10.1. The summed E-state index contributed by atoms with van der Waals surface area (Å²) in [6, 6.07) is 0.657. The zero-order chi connectivity index (χ0) is 13.8. The van der Waals surface area contributed by atoms with Crippen LogP contribution in [-0.2, 0) is 13.0 Å². The summed E-state index contributed by atoms with van der Waals surface area (Å²) in [7, 11) is 0. The van der Waals surface area contributed by atoms with E-state index in [1.807, 2.05) is 0 Å². The first-order valence-corrected chi connectivity index (χ1v) is 8.33. The van der Waals surface area contributed by atoms with Gasteiger partial charge in [-0.15, -0.1) is 0 Å². The van der Waals surface area contributed by atoms with Crippen LogP contribution in [0.4, 0.5) is 5.13 Å².